The molecule has 2 rings (SSSR count). The van der Waals surface area contributed by atoms with Crippen LogP contribution in [0.1, 0.15) is 11.1 Å². The smallest absolute Gasteiger partial charge is 0.122 e. The second kappa shape index (κ2) is 3.01. The second-order valence-corrected chi connectivity index (χ2v) is 3.90. The standard InChI is InChI=1S/C10H10O2S/c1-6-5-13-10-7(6)2-3-9(12)8(10)4-11/h2-3,5,11-12H,4H2,1H3. The van der Waals surface area contributed by atoms with Crippen molar-refractivity contribution in [3.63, 3.8) is 0 Å². The van der Waals surface area contributed by atoms with Crippen LogP contribution in [-0.4, -0.2) is 10.2 Å². The highest BCUT2D eigenvalue weighted by Gasteiger charge is 2.08. The first-order valence-corrected chi connectivity index (χ1v) is 4.91. The van der Waals surface area contributed by atoms with E-state index >= 15 is 0 Å². The summed E-state index contributed by atoms with van der Waals surface area (Å²) in [4.78, 5) is 0. The van der Waals surface area contributed by atoms with Gasteiger partial charge in [-0.25, -0.2) is 0 Å². The molecule has 1 heterocycles. The van der Waals surface area contributed by atoms with Gasteiger partial charge in [0.25, 0.3) is 0 Å². The highest BCUT2D eigenvalue weighted by Crippen LogP contribution is 2.33. The van der Waals surface area contributed by atoms with Crippen molar-refractivity contribution >= 4 is 21.4 Å². The lowest BCUT2D eigenvalue weighted by molar-refractivity contribution is 0.277. The largest absolute Gasteiger partial charge is 0.508 e. The first kappa shape index (κ1) is 8.53. The summed E-state index contributed by atoms with van der Waals surface area (Å²) in [6.07, 6.45) is 0. The summed E-state index contributed by atoms with van der Waals surface area (Å²) in [5, 5.41) is 21.7. The van der Waals surface area contributed by atoms with Crippen molar-refractivity contribution < 1.29 is 10.2 Å². The fourth-order valence-corrected chi connectivity index (χ4v) is 2.52. The van der Waals surface area contributed by atoms with Gasteiger partial charge in [0.1, 0.15) is 5.75 Å². The first-order chi connectivity index (χ1) is 6.24. The number of phenols is 1. The molecule has 3 heteroatoms. The van der Waals surface area contributed by atoms with Gasteiger partial charge in [-0.3, -0.25) is 0 Å². The van der Waals surface area contributed by atoms with E-state index in [1.54, 1.807) is 17.4 Å². The Morgan fingerprint density at radius 1 is 1.38 bits per heavy atom. The molecule has 0 aliphatic heterocycles. The molecular weight excluding hydrogens is 184 g/mol. The van der Waals surface area contributed by atoms with E-state index in [1.165, 1.54) is 5.56 Å². The summed E-state index contributed by atoms with van der Waals surface area (Å²) >= 11 is 1.56. The average Bonchev–Trinajstić information content (AvgIpc) is 2.48. The van der Waals surface area contributed by atoms with Gasteiger partial charge < -0.3 is 10.2 Å². The van der Waals surface area contributed by atoms with E-state index in [1.807, 2.05) is 18.4 Å². The predicted molar refractivity (Wildman–Crippen MR) is 54.1 cm³/mol. The molecule has 13 heavy (non-hydrogen) atoms. The van der Waals surface area contributed by atoms with E-state index in [9.17, 15) is 5.11 Å². The molecule has 0 unspecified atom stereocenters. The molecule has 0 spiro atoms. The minimum Gasteiger partial charge on any atom is -0.508 e. The number of aliphatic hydroxyl groups is 1. The molecule has 2 nitrogen and oxygen atoms in total. The van der Waals surface area contributed by atoms with Gasteiger partial charge in [-0.05, 0) is 35.4 Å². The molecule has 0 saturated carbocycles. The highest BCUT2D eigenvalue weighted by molar-refractivity contribution is 7.17. The predicted octanol–water partition coefficient (Wildman–Crippen LogP) is 2.41. The third-order valence-electron chi connectivity index (χ3n) is 2.17. The van der Waals surface area contributed by atoms with Crippen molar-refractivity contribution in [2.24, 2.45) is 0 Å². The monoisotopic (exact) mass is 194 g/mol. The van der Waals surface area contributed by atoms with Crippen molar-refractivity contribution in [3.05, 3.63) is 28.6 Å². The number of thiophene rings is 1. The zero-order valence-electron chi connectivity index (χ0n) is 7.24. The van der Waals surface area contributed by atoms with Crippen LogP contribution < -0.4 is 0 Å². The normalized spacial score (nSPS) is 10.9. The van der Waals surface area contributed by atoms with Gasteiger partial charge in [-0.2, -0.15) is 0 Å². The minimum atomic E-state index is -0.108. The molecule has 0 aliphatic carbocycles. The molecule has 2 N–H and O–H groups in total. The Hall–Kier alpha value is -1.06. The van der Waals surface area contributed by atoms with E-state index in [4.69, 9.17) is 5.11 Å². The number of rotatable bonds is 1. The van der Waals surface area contributed by atoms with Crippen molar-refractivity contribution in [2.75, 3.05) is 0 Å². The number of aryl methyl sites for hydroxylation is 1. The van der Waals surface area contributed by atoms with Crippen LogP contribution in [0.2, 0.25) is 0 Å². The number of aliphatic hydroxyl groups excluding tert-OH is 1. The van der Waals surface area contributed by atoms with Crippen LogP contribution in [0.25, 0.3) is 10.1 Å². The van der Waals surface area contributed by atoms with E-state index < -0.39 is 0 Å². The van der Waals surface area contributed by atoms with Gasteiger partial charge in [0.2, 0.25) is 0 Å². The van der Waals surface area contributed by atoms with E-state index in [0.29, 0.717) is 5.56 Å². The summed E-state index contributed by atoms with van der Waals surface area (Å²) in [6.45, 7) is 1.92. The molecule has 0 amide bonds. The fraction of sp³-hybridized carbons (Fsp3) is 0.200. The Morgan fingerprint density at radius 2 is 2.15 bits per heavy atom. The highest BCUT2D eigenvalue weighted by atomic mass is 32.1. The van der Waals surface area contributed by atoms with Crippen LogP contribution >= 0.6 is 11.3 Å². The Balaban J connectivity index is 2.85. The van der Waals surface area contributed by atoms with E-state index in [2.05, 4.69) is 0 Å². The number of fused-ring (bicyclic) bond motifs is 1. The summed E-state index contributed by atoms with van der Waals surface area (Å²) in [6, 6.07) is 3.52. The van der Waals surface area contributed by atoms with Gasteiger partial charge in [0, 0.05) is 10.3 Å². The molecule has 2 aromatic rings. The van der Waals surface area contributed by atoms with Crippen LogP contribution in [0.5, 0.6) is 5.75 Å². The van der Waals surface area contributed by atoms with Crippen LogP contribution in [0.4, 0.5) is 0 Å². The zero-order valence-corrected chi connectivity index (χ0v) is 8.06. The van der Waals surface area contributed by atoms with E-state index in [0.717, 1.165) is 10.1 Å². The molecule has 0 radical (unpaired) electrons. The molecule has 0 aliphatic rings. The molecule has 0 bridgehead atoms. The lowest BCUT2D eigenvalue weighted by Gasteiger charge is -2.02. The SMILES string of the molecule is Cc1csc2c(CO)c(O)ccc12. The Labute approximate surface area is 80.1 Å². The maximum atomic E-state index is 9.46. The molecule has 68 valence electrons. The average molecular weight is 194 g/mol. The van der Waals surface area contributed by atoms with Crippen molar-refractivity contribution in [3.8, 4) is 5.75 Å². The van der Waals surface area contributed by atoms with Gasteiger partial charge in [0.05, 0.1) is 6.61 Å². The maximum absolute atomic E-state index is 9.46. The van der Waals surface area contributed by atoms with Gasteiger partial charge in [-0.15, -0.1) is 11.3 Å². The zero-order chi connectivity index (χ0) is 9.42. The van der Waals surface area contributed by atoms with Crippen LogP contribution in [0.3, 0.4) is 0 Å². The van der Waals surface area contributed by atoms with Crippen molar-refractivity contribution in [1.82, 2.24) is 0 Å². The van der Waals surface area contributed by atoms with Gasteiger partial charge in [-0.1, -0.05) is 0 Å². The number of aromatic hydroxyl groups is 1. The van der Waals surface area contributed by atoms with Gasteiger partial charge >= 0.3 is 0 Å². The number of hydrogen-bond donors (Lipinski definition) is 2. The Morgan fingerprint density at radius 3 is 2.85 bits per heavy atom. The van der Waals surface area contributed by atoms with Crippen LogP contribution in [-0.2, 0) is 6.61 Å². The third kappa shape index (κ3) is 1.20. The lowest BCUT2D eigenvalue weighted by Crippen LogP contribution is -1.84. The lowest BCUT2D eigenvalue weighted by atomic mass is 10.1. The fourth-order valence-electron chi connectivity index (χ4n) is 1.43. The van der Waals surface area contributed by atoms with Crippen LogP contribution in [0.15, 0.2) is 17.5 Å². The first-order valence-electron chi connectivity index (χ1n) is 4.03. The molecule has 1 aromatic heterocycles. The quantitative estimate of drug-likeness (QED) is 0.731. The Bertz CT molecular complexity index is 445. The molecule has 0 saturated heterocycles. The molecule has 0 fully saturated rings. The molecule has 1 aromatic carbocycles. The summed E-state index contributed by atoms with van der Waals surface area (Å²) in [5.41, 5.74) is 1.82. The van der Waals surface area contributed by atoms with E-state index in [-0.39, 0.29) is 12.4 Å². The molecular formula is C10H10O2S. The summed E-state index contributed by atoms with van der Waals surface area (Å²) < 4.78 is 0.986. The van der Waals surface area contributed by atoms with Gasteiger partial charge in [0.15, 0.2) is 0 Å². The van der Waals surface area contributed by atoms with Crippen molar-refractivity contribution in [2.45, 2.75) is 13.5 Å². The maximum Gasteiger partial charge on any atom is 0.122 e. The third-order valence-corrected chi connectivity index (χ3v) is 3.35. The number of benzene rings is 1. The summed E-state index contributed by atoms with van der Waals surface area (Å²) in [7, 11) is 0. The summed E-state index contributed by atoms with van der Waals surface area (Å²) in [5.74, 6) is 0.178. The van der Waals surface area contributed by atoms with Crippen molar-refractivity contribution in [1.29, 1.82) is 0 Å². The van der Waals surface area contributed by atoms with Crippen LogP contribution in [0, 0.1) is 6.92 Å². The molecule has 0 atom stereocenters. The second-order valence-electron chi connectivity index (χ2n) is 3.02. The topological polar surface area (TPSA) is 40.5 Å². The minimum absolute atomic E-state index is 0.108. The number of hydrogen-bond acceptors (Lipinski definition) is 3. The Kier molecular flexibility index (Phi) is 1.98.